The highest BCUT2D eigenvalue weighted by Gasteiger charge is 2.30. The van der Waals surface area contributed by atoms with Crippen molar-refractivity contribution in [3.05, 3.63) is 95.7 Å². The minimum Gasteiger partial charge on any atom is -0.377 e. The number of fused-ring (bicyclic) bond motifs is 2. The molecule has 0 aromatic heterocycles. The zero-order valence-electron chi connectivity index (χ0n) is 13.8. The molecule has 3 aliphatic heterocycles. The van der Waals surface area contributed by atoms with Crippen LogP contribution in [0.5, 0.6) is 0 Å². The molecule has 0 radical (unpaired) electrons. The molecule has 2 nitrogen and oxygen atoms in total. The average molecular weight is 317 g/mol. The standard InChI is InChI=1S/C22H23NO/c24-22(20-7-3-1-4-8-20,21-9-5-2-6-10-21)14-11-19-17-23-15-12-18(19)13-16-23/h1-11,14,17-18,24H,12-13,15-16H2/b14-11+. The fourth-order valence-corrected chi connectivity index (χ4v) is 3.82. The number of allylic oxidation sites excluding steroid dienone is 2. The predicted molar refractivity (Wildman–Crippen MR) is 97.4 cm³/mol. The van der Waals surface area contributed by atoms with Gasteiger partial charge in [-0.1, -0.05) is 66.7 Å². The summed E-state index contributed by atoms with van der Waals surface area (Å²) in [5.41, 5.74) is 2.04. The molecule has 0 unspecified atom stereocenters. The number of nitrogens with zero attached hydrogens (tertiary/aromatic N) is 1. The van der Waals surface area contributed by atoms with E-state index in [9.17, 15) is 5.11 Å². The van der Waals surface area contributed by atoms with E-state index in [4.69, 9.17) is 0 Å². The third-order valence-electron chi connectivity index (χ3n) is 5.28. The molecule has 0 spiro atoms. The normalized spacial score (nSPS) is 18.2. The van der Waals surface area contributed by atoms with Crippen LogP contribution in [0.4, 0.5) is 0 Å². The van der Waals surface area contributed by atoms with Crippen LogP contribution in [0.2, 0.25) is 0 Å². The highest BCUT2D eigenvalue weighted by Crippen LogP contribution is 2.35. The molecule has 5 rings (SSSR count). The van der Waals surface area contributed by atoms with Gasteiger partial charge in [0, 0.05) is 19.3 Å². The minimum absolute atomic E-state index is 0.641. The van der Waals surface area contributed by atoms with Gasteiger partial charge >= 0.3 is 0 Å². The first-order valence-electron chi connectivity index (χ1n) is 8.74. The zero-order valence-corrected chi connectivity index (χ0v) is 13.8. The minimum atomic E-state index is -1.10. The van der Waals surface area contributed by atoms with Crippen LogP contribution in [0, 0.1) is 5.92 Å². The van der Waals surface area contributed by atoms with Crippen molar-refractivity contribution in [1.29, 1.82) is 0 Å². The van der Waals surface area contributed by atoms with Gasteiger partial charge in [-0.15, -0.1) is 0 Å². The van der Waals surface area contributed by atoms with Gasteiger partial charge in [0.25, 0.3) is 0 Å². The van der Waals surface area contributed by atoms with Gasteiger partial charge < -0.3 is 10.0 Å². The van der Waals surface area contributed by atoms with Crippen molar-refractivity contribution in [2.75, 3.05) is 13.1 Å². The number of aliphatic hydroxyl groups is 1. The predicted octanol–water partition coefficient (Wildman–Crippen LogP) is 4.09. The molecular formula is C22H23NO. The highest BCUT2D eigenvalue weighted by molar-refractivity contribution is 5.42. The number of rotatable bonds is 4. The van der Waals surface area contributed by atoms with Crippen LogP contribution in [0.1, 0.15) is 24.0 Å². The van der Waals surface area contributed by atoms with Gasteiger partial charge in [0.1, 0.15) is 5.60 Å². The van der Waals surface area contributed by atoms with Crippen molar-refractivity contribution in [3.8, 4) is 0 Å². The van der Waals surface area contributed by atoms with Gasteiger partial charge in [-0.25, -0.2) is 0 Å². The molecule has 0 saturated carbocycles. The van der Waals surface area contributed by atoms with E-state index in [1.807, 2.05) is 66.7 Å². The Morgan fingerprint density at radius 1 is 0.875 bits per heavy atom. The molecule has 2 aromatic rings. The lowest BCUT2D eigenvalue weighted by Gasteiger charge is -2.38. The molecule has 0 aliphatic carbocycles. The van der Waals surface area contributed by atoms with Crippen LogP contribution >= 0.6 is 0 Å². The Hall–Kier alpha value is -2.32. The van der Waals surface area contributed by atoms with Gasteiger partial charge in [0.2, 0.25) is 0 Å². The summed E-state index contributed by atoms with van der Waals surface area (Å²) in [5, 5.41) is 11.5. The Morgan fingerprint density at radius 3 is 1.88 bits per heavy atom. The van der Waals surface area contributed by atoms with Crippen molar-refractivity contribution >= 4 is 0 Å². The molecule has 2 heteroatoms. The number of benzene rings is 2. The summed E-state index contributed by atoms with van der Waals surface area (Å²) >= 11 is 0. The Balaban J connectivity index is 1.73. The molecule has 1 fully saturated rings. The van der Waals surface area contributed by atoms with E-state index in [0.717, 1.165) is 11.1 Å². The van der Waals surface area contributed by atoms with Crippen molar-refractivity contribution < 1.29 is 5.11 Å². The first kappa shape index (κ1) is 15.2. The molecule has 1 N–H and O–H groups in total. The summed E-state index contributed by atoms with van der Waals surface area (Å²) in [6.07, 6.45) is 8.82. The smallest absolute Gasteiger partial charge is 0.133 e. The molecular weight excluding hydrogens is 294 g/mol. The maximum Gasteiger partial charge on any atom is 0.133 e. The van der Waals surface area contributed by atoms with E-state index in [2.05, 4.69) is 17.2 Å². The molecule has 2 bridgehead atoms. The molecule has 0 atom stereocenters. The molecule has 3 heterocycles. The van der Waals surface area contributed by atoms with Crippen LogP contribution in [0.15, 0.2) is 84.6 Å². The lowest BCUT2D eigenvalue weighted by atomic mass is 9.82. The van der Waals surface area contributed by atoms with Gasteiger partial charge in [-0.3, -0.25) is 0 Å². The molecule has 1 saturated heterocycles. The van der Waals surface area contributed by atoms with E-state index in [1.54, 1.807) is 0 Å². The van der Waals surface area contributed by atoms with Crippen molar-refractivity contribution in [1.82, 2.24) is 4.90 Å². The highest BCUT2D eigenvalue weighted by atomic mass is 16.3. The third-order valence-corrected chi connectivity index (χ3v) is 5.28. The first-order valence-corrected chi connectivity index (χ1v) is 8.74. The van der Waals surface area contributed by atoms with Crippen molar-refractivity contribution in [2.24, 2.45) is 5.92 Å². The third kappa shape index (κ3) is 2.78. The average Bonchev–Trinajstić information content (AvgIpc) is 2.68. The van der Waals surface area contributed by atoms with E-state index < -0.39 is 5.60 Å². The van der Waals surface area contributed by atoms with E-state index in [1.165, 1.54) is 31.5 Å². The van der Waals surface area contributed by atoms with Crippen LogP contribution in [-0.4, -0.2) is 23.1 Å². The van der Waals surface area contributed by atoms with Crippen LogP contribution in [0.25, 0.3) is 0 Å². The van der Waals surface area contributed by atoms with Gasteiger partial charge in [0.05, 0.1) is 0 Å². The van der Waals surface area contributed by atoms with Crippen LogP contribution in [0.3, 0.4) is 0 Å². The van der Waals surface area contributed by atoms with E-state index >= 15 is 0 Å². The summed E-state index contributed by atoms with van der Waals surface area (Å²) < 4.78 is 0. The summed E-state index contributed by atoms with van der Waals surface area (Å²) in [6, 6.07) is 19.8. The zero-order chi connectivity index (χ0) is 16.4. The largest absolute Gasteiger partial charge is 0.377 e. The Morgan fingerprint density at radius 2 is 1.42 bits per heavy atom. The van der Waals surface area contributed by atoms with Gasteiger partial charge in [-0.05, 0) is 41.5 Å². The fourth-order valence-electron chi connectivity index (χ4n) is 3.82. The number of hydrogen-bond donors (Lipinski definition) is 1. The Labute approximate surface area is 143 Å². The summed E-state index contributed by atoms with van der Waals surface area (Å²) in [6.45, 7) is 2.34. The Kier molecular flexibility index (Phi) is 3.99. The van der Waals surface area contributed by atoms with E-state index in [-0.39, 0.29) is 0 Å². The molecule has 3 aliphatic rings. The monoisotopic (exact) mass is 317 g/mol. The summed E-state index contributed by atoms with van der Waals surface area (Å²) in [7, 11) is 0. The van der Waals surface area contributed by atoms with Crippen LogP contribution in [-0.2, 0) is 5.60 Å². The maximum absolute atomic E-state index is 11.5. The molecule has 122 valence electrons. The number of hydrogen-bond acceptors (Lipinski definition) is 2. The van der Waals surface area contributed by atoms with E-state index in [0.29, 0.717) is 5.92 Å². The second kappa shape index (κ2) is 6.29. The molecule has 24 heavy (non-hydrogen) atoms. The quantitative estimate of drug-likeness (QED) is 0.918. The van der Waals surface area contributed by atoms with Gasteiger partial charge in [-0.2, -0.15) is 0 Å². The lowest BCUT2D eigenvalue weighted by Crippen LogP contribution is -2.35. The second-order valence-electron chi connectivity index (χ2n) is 6.77. The van der Waals surface area contributed by atoms with Crippen molar-refractivity contribution in [2.45, 2.75) is 18.4 Å². The summed E-state index contributed by atoms with van der Waals surface area (Å²) in [5.74, 6) is 0.641. The van der Waals surface area contributed by atoms with Crippen LogP contribution < -0.4 is 0 Å². The number of piperidine rings is 1. The van der Waals surface area contributed by atoms with Crippen molar-refractivity contribution in [3.63, 3.8) is 0 Å². The Bertz CT molecular complexity index is 701. The topological polar surface area (TPSA) is 23.5 Å². The van der Waals surface area contributed by atoms with Gasteiger partial charge in [0.15, 0.2) is 0 Å². The lowest BCUT2D eigenvalue weighted by molar-refractivity contribution is 0.134. The molecule has 2 aromatic carbocycles. The second-order valence-corrected chi connectivity index (χ2v) is 6.77. The fraction of sp³-hybridized carbons (Fsp3) is 0.273. The maximum atomic E-state index is 11.5. The SMILES string of the molecule is OC(/C=C/C1=CN2CCC1CC2)(c1ccccc1)c1ccccc1. The first-order chi connectivity index (χ1) is 11.8. The molecule has 0 amide bonds. The summed E-state index contributed by atoms with van der Waals surface area (Å²) in [4.78, 5) is 2.39.